The third-order valence-corrected chi connectivity index (χ3v) is 5.83. The van der Waals surface area contributed by atoms with Gasteiger partial charge in [-0.3, -0.25) is 9.59 Å². The van der Waals surface area contributed by atoms with Gasteiger partial charge >= 0.3 is 6.03 Å². The van der Waals surface area contributed by atoms with E-state index in [0.29, 0.717) is 45.9 Å². The van der Waals surface area contributed by atoms with Gasteiger partial charge in [0.1, 0.15) is 12.1 Å². The molecule has 1 aromatic carbocycles. The Labute approximate surface area is 180 Å². The van der Waals surface area contributed by atoms with Crippen molar-refractivity contribution in [2.75, 3.05) is 45.9 Å². The van der Waals surface area contributed by atoms with Gasteiger partial charge in [-0.1, -0.05) is 18.2 Å². The van der Waals surface area contributed by atoms with Crippen LogP contribution in [0.15, 0.2) is 30.5 Å². The van der Waals surface area contributed by atoms with Crippen LogP contribution in [0.5, 0.6) is 0 Å². The Balaban J connectivity index is 1.46. The van der Waals surface area contributed by atoms with Crippen LogP contribution in [-0.4, -0.2) is 90.7 Å². The molecule has 0 spiro atoms. The van der Waals surface area contributed by atoms with E-state index < -0.39 is 23.9 Å². The van der Waals surface area contributed by atoms with Crippen molar-refractivity contribution >= 4 is 28.7 Å². The molecule has 2 fully saturated rings. The molecule has 31 heavy (non-hydrogen) atoms. The summed E-state index contributed by atoms with van der Waals surface area (Å²) in [7, 11) is 0. The maximum absolute atomic E-state index is 13.1. The number of aromatic nitrogens is 1. The molecule has 2 aromatic rings. The van der Waals surface area contributed by atoms with E-state index in [2.05, 4.69) is 15.6 Å². The predicted molar refractivity (Wildman–Crippen MR) is 114 cm³/mol. The number of carbonyl (C=O) groups excluding carboxylic acids is 3. The Hall–Kier alpha value is -3.11. The molecule has 4 amide bonds. The molecule has 2 aliphatic rings. The number of hydrogen-bond donors (Lipinski definition) is 4. The monoisotopic (exact) mass is 428 g/mol. The minimum absolute atomic E-state index is 0.183. The molecular weight excluding hydrogens is 400 g/mol. The Morgan fingerprint density at radius 3 is 2.74 bits per heavy atom. The fourth-order valence-corrected chi connectivity index (χ4v) is 4.11. The number of H-pyrrole nitrogens is 1. The molecule has 2 aliphatic heterocycles. The van der Waals surface area contributed by atoms with Crippen molar-refractivity contribution in [2.24, 2.45) is 5.73 Å². The molecule has 5 N–H and O–H groups in total. The summed E-state index contributed by atoms with van der Waals surface area (Å²) in [6, 6.07) is 5.96. The third kappa shape index (κ3) is 4.64. The van der Waals surface area contributed by atoms with Gasteiger partial charge in [-0.25, -0.2) is 4.79 Å². The molecule has 10 nitrogen and oxygen atoms in total. The summed E-state index contributed by atoms with van der Waals surface area (Å²) in [6.07, 6.45) is 2.09. The molecule has 3 heterocycles. The fraction of sp³-hybridized carbons (Fsp3) is 0.476. The van der Waals surface area contributed by atoms with Gasteiger partial charge in [0.2, 0.25) is 11.8 Å². The van der Waals surface area contributed by atoms with Crippen LogP contribution in [0.2, 0.25) is 0 Å². The highest BCUT2D eigenvalue weighted by Gasteiger charge is 2.36. The molecule has 2 saturated heterocycles. The van der Waals surface area contributed by atoms with E-state index in [9.17, 15) is 14.4 Å². The number of nitrogens with two attached hydrogens (primary N) is 1. The number of benzene rings is 1. The number of nitrogens with one attached hydrogen (secondary N) is 3. The second kappa shape index (κ2) is 9.36. The number of hydrogen-bond acceptors (Lipinski definition) is 5. The Morgan fingerprint density at radius 1 is 1.19 bits per heavy atom. The van der Waals surface area contributed by atoms with Crippen LogP contribution in [0, 0.1) is 0 Å². The summed E-state index contributed by atoms with van der Waals surface area (Å²) >= 11 is 0. The number of amides is 4. The number of aromatic amines is 1. The van der Waals surface area contributed by atoms with E-state index in [1.165, 1.54) is 0 Å². The van der Waals surface area contributed by atoms with E-state index in [4.69, 9.17) is 10.5 Å². The lowest BCUT2D eigenvalue weighted by molar-refractivity contribution is -0.130. The minimum atomic E-state index is -0.881. The van der Waals surface area contributed by atoms with Crippen molar-refractivity contribution in [3.05, 3.63) is 36.0 Å². The van der Waals surface area contributed by atoms with Crippen LogP contribution >= 0.6 is 0 Å². The lowest BCUT2D eigenvalue weighted by atomic mass is 10.0. The number of morpholine rings is 1. The number of primary amides is 1. The Kier molecular flexibility index (Phi) is 6.38. The van der Waals surface area contributed by atoms with Crippen molar-refractivity contribution in [1.82, 2.24) is 25.4 Å². The second-order valence-corrected chi connectivity index (χ2v) is 7.82. The highest BCUT2D eigenvalue weighted by atomic mass is 16.5. The lowest BCUT2D eigenvalue weighted by Gasteiger charge is -2.39. The SMILES string of the molecule is NC(=O)C(Cc1c[nH]c2ccccc12)NC(=O)C1CNCCN1C(=O)N1CCOCC1. The summed E-state index contributed by atoms with van der Waals surface area (Å²) in [5, 5.41) is 6.91. The molecule has 2 unspecified atom stereocenters. The zero-order valence-corrected chi connectivity index (χ0v) is 17.3. The van der Waals surface area contributed by atoms with Gasteiger partial charge in [-0.2, -0.15) is 0 Å². The largest absolute Gasteiger partial charge is 0.378 e. The predicted octanol–water partition coefficient (Wildman–Crippen LogP) is -0.593. The number of ether oxygens (including phenoxy) is 1. The first kappa shape index (κ1) is 21.1. The number of rotatable bonds is 5. The third-order valence-electron chi connectivity index (χ3n) is 5.83. The number of fused-ring (bicyclic) bond motifs is 1. The van der Waals surface area contributed by atoms with Gasteiger partial charge in [0, 0.05) is 56.2 Å². The summed E-state index contributed by atoms with van der Waals surface area (Å²) in [5.74, 6) is -1.01. The fourth-order valence-electron chi connectivity index (χ4n) is 4.11. The standard InChI is InChI=1S/C21H28N6O4/c22-19(28)17(11-14-12-24-16-4-2-1-3-15(14)16)25-20(29)18-13-23-5-6-27(18)21(30)26-7-9-31-10-8-26/h1-4,12,17-18,23-24H,5-11,13H2,(H2,22,28)(H,25,29). The molecule has 0 radical (unpaired) electrons. The van der Waals surface area contributed by atoms with Gasteiger partial charge in [0.25, 0.3) is 0 Å². The van der Waals surface area contributed by atoms with Gasteiger partial charge in [0.05, 0.1) is 13.2 Å². The van der Waals surface area contributed by atoms with E-state index in [1.54, 1.807) is 9.80 Å². The zero-order valence-electron chi connectivity index (χ0n) is 17.3. The number of urea groups is 1. The molecule has 2 atom stereocenters. The molecule has 0 bridgehead atoms. The molecule has 0 saturated carbocycles. The molecule has 10 heteroatoms. The van der Waals surface area contributed by atoms with Gasteiger partial charge in [-0.05, 0) is 11.6 Å². The quantitative estimate of drug-likeness (QED) is 0.505. The summed E-state index contributed by atoms with van der Waals surface area (Å²) in [5.41, 5.74) is 7.45. The smallest absolute Gasteiger partial charge is 0.320 e. The Morgan fingerprint density at radius 2 is 1.97 bits per heavy atom. The van der Waals surface area contributed by atoms with Crippen molar-refractivity contribution < 1.29 is 19.1 Å². The first-order chi connectivity index (χ1) is 15.0. The average molecular weight is 428 g/mol. The van der Waals surface area contributed by atoms with E-state index in [-0.39, 0.29) is 12.5 Å². The van der Waals surface area contributed by atoms with E-state index >= 15 is 0 Å². The summed E-state index contributed by atoms with van der Waals surface area (Å²) in [6.45, 7) is 3.32. The average Bonchev–Trinajstić information content (AvgIpc) is 3.21. The minimum Gasteiger partial charge on any atom is -0.378 e. The number of carbonyl (C=O) groups is 3. The number of piperazine rings is 1. The molecule has 0 aliphatic carbocycles. The van der Waals surface area contributed by atoms with Crippen LogP contribution in [0.3, 0.4) is 0 Å². The number of nitrogens with zero attached hydrogens (tertiary/aromatic N) is 2. The molecular formula is C21H28N6O4. The second-order valence-electron chi connectivity index (χ2n) is 7.82. The van der Waals surface area contributed by atoms with Crippen LogP contribution in [0.1, 0.15) is 5.56 Å². The summed E-state index contributed by atoms with van der Waals surface area (Å²) < 4.78 is 5.31. The first-order valence-corrected chi connectivity index (χ1v) is 10.5. The van der Waals surface area contributed by atoms with Crippen LogP contribution < -0.4 is 16.4 Å². The normalized spacial score (nSPS) is 20.5. The van der Waals surface area contributed by atoms with Crippen molar-refractivity contribution in [3.63, 3.8) is 0 Å². The van der Waals surface area contributed by atoms with Gasteiger partial charge < -0.3 is 35.9 Å². The lowest BCUT2D eigenvalue weighted by Crippen LogP contribution is -2.64. The van der Waals surface area contributed by atoms with Crippen molar-refractivity contribution in [2.45, 2.75) is 18.5 Å². The topological polar surface area (TPSA) is 133 Å². The van der Waals surface area contributed by atoms with Crippen LogP contribution in [-0.2, 0) is 20.7 Å². The van der Waals surface area contributed by atoms with Crippen LogP contribution in [0.25, 0.3) is 10.9 Å². The van der Waals surface area contributed by atoms with E-state index in [1.807, 2.05) is 30.5 Å². The zero-order chi connectivity index (χ0) is 21.8. The maximum Gasteiger partial charge on any atom is 0.320 e. The van der Waals surface area contributed by atoms with Crippen molar-refractivity contribution in [1.29, 1.82) is 0 Å². The highest BCUT2D eigenvalue weighted by molar-refractivity contribution is 5.92. The van der Waals surface area contributed by atoms with Gasteiger partial charge in [-0.15, -0.1) is 0 Å². The molecule has 4 rings (SSSR count). The van der Waals surface area contributed by atoms with Crippen molar-refractivity contribution in [3.8, 4) is 0 Å². The summed E-state index contributed by atoms with van der Waals surface area (Å²) in [4.78, 5) is 44.6. The van der Waals surface area contributed by atoms with E-state index in [0.717, 1.165) is 16.5 Å². The Bertz CT molecular complexity index is 954. The first-order valence-electron chi connectivity index (χ1n) is 10.5. The van der Waals surface area contributed by atoms with Gasteiger partial charge in [0.15, 0.2) is 0 Å². The number of para-hydroxylation sites is 1. The molecule has 166 valence electrons. The van der Waals surface area contributed by atoms with Crippen LogP contribution in [0.4, 0.5) is 4.79 Å². The highest BCUT2D eigenvalue weighted by Crippen LogP contribution is 2.19. The molecule has 1 aromatic heterocycles. The maximum atomic E-state index is 13.1.